The van der Waals surface area contributed by atoms with Crippen molar-refractivity contribution in [3.63, 3.8) is 0 Å². The predicted molar refractivity (Wildman–Crippen MR) is 132 cm³/mol. The number of hydrogen-bond acceptors (Lipinski definition) is 6. The molecule has 204 valence electrons. The van der Waals surface area contributed by atoms with Gasteiger partial charge in [-0.05, 0) is 57.5 Å². The number of amides is 2. The summed E-state index contributed by atoms with van der Waals surface area (Å²) in [5, 5.41) is 3.85. The Bertz CT molecular complexity index is 1410. The lowest BCUT2D eigenvalue weighted by Crippen LogP contribution is -2.65. The molecular formula is C24H26F3N5O5S. The van der Waals surface area contributed by atoms with Crippen LogP contribution in [0.2, 0.25) is 0 Å². The number of nitrogens with one attached hydrogen (secondary N) is 2. The van der Waals surface area contributed by atoms with Gasteiger partial charge in [0.15, 0.2) is 0 Å². The molecular weight excluding hydrogens is 527 g/mol. The Labute approximate surface area is 217 Å². The molecule has 2 fully saturated rings. The summed E-state index contributed by atoms with van der Waals surface area (Å²) in [5.41, 5.74) is -3.10. The summed E-state index contributed by atoms with van der Waals surface area (Å²) in [6.45, 7) is 4.79. The number of carbonyl (C=O) groups is 2. The molecule has 38 heavy (non-hydrogen) atoms. The zero-order chi connectivity index (χ0) is 28.0. The van der Waals surface area contributed by atoms with E-state index < -0.39 is 75.0 Å². The number of nitrogens with zero attached hydrogens (tertiary/aromatic N) is 3. The minimum atomic E-state index is -4.32. The van der Waals surface area contributed by atoms with Gasteiger partial charge in [0, 0.05) is 24.7 Å². The standard InChI is InChI=1S/C24H26F3N5O5S/c1-23(2,3)37-22(34)30-21-31-24(11-14(26)9-19(24)38(35,36)32(21)4)16-10-15(6-7-17(16)27)29-20(33)18-8-5-13(25)12-28-18/h5-8,10,12,14,19H,9,11H2,1-4H3,(H,29,33)(H,30,31,34). The third-order valence-corrected chi connectivity index (χ3v) is 8.44. The van der Waals surface area contributed by atoms with E-state index in [0.717, 1.165) is 31.4 Å². The summed E-state index contributed by atoms with van der Waals surface area (Å²) in [6, 6.07) is 5.60. The van der Waals surface area contributed by atoms with Gasteiger partial charge in [0.2, 0.25) is 16.0 Å². The van der Waals surface area contributed by atoms with E-state index in [4.69, 9.17) is 4.74 Å². The van der Waals surface area contributed by atoms with Crippen molar-refractivity contribution in [2.75, 3.05) is 12.4 Å². The van der Waals surface area contributed by atoms with Crippen molar-refractivity contribution >= 4 is 33.7 Å². The summed E-state index contributed by atoms with van der Waals surface area (Å²) in [7, 11) is -3.18. The monoisotopic (exact) mass is 553 g/mol. The van der Waals surface area contributed by atoms with Crippen LogP contribution in [0.25, 0.3) is 0 Å². The number of aromatic nitrogens is 1. The van der Waals surface area contributed by atoms with Crippen LogP contribution in [0.1, 0.15) is 49.7 Å². The largest absolute Gasteiger partial charge is 0.442 e. The maximum Gasteiger partial charge on any atom is 0.437 e. The van der Waals surface area contributed by atoms with Gasteiger partial charge in [-0.1, -0.05) is 0 Å². The first-order valence-electron chi connectivity index (χ1n) is 11.6. The number of benzene rings is 1. The molecule has 3 unspecified atom stereocenters. The van der Waals surface area contributed by atoms with Crippen molar-refractivity contribution in [3.05, 3.63) is 59.4 Å². The maximum absolute atomic E-state index is 15.3. The molecule has 2 heterocycles. The van der Waals surface area contributed by atoms with Crippen LogP contribution in [0.4, 0.5) is 23.7 Å². The summed E-state index contributed by atoms with van der Waals surface area (Å²) < 4.78 is 76.0. The van der Waals surface area contributed by atoms with Gasteiger partial charge < -0.3 is 15.4 Å². The van der Waals surface area contributed by atoms with Crippen LogP contribution < -0.4 is 10.6 Å². The van der Waals surface area contributed by atoms with Crippen LogP contribution in [0.3, 0.4) is 0 Å². The second-order valence-electron chi connectivity index (χ2n) is 10.1. The number of sulfonamides is 1. The maximum atomic E-state index is 15.3. The van der Waals surface area contributed by atoms with Gasteiger partial charge in [-0.15, -0.1) is 4.99 Å². The molecule has 1 aromatic carbocycles. The Kier molecular flexibility index (Phi) is 6.89. The Morgan fingerprint density at radius 1 is 1.24 bits per heavy atom. The zero-order valence-corrected chi connectivity index (χ0v) is 21.8. The van der Waals surface area contributed by atoms with E-state index in [0.29, 0.717) is 4.31 Å². The van der Waals surface area contributed by atoms with E-state index in [2.05, 4.69) is 20.6 Å². The number of halogens is 3. The third kappa shape index (κ3) is 5.17. The van der Waals surface area contributed by atoms with E-state index in [1.165, 1.54) is 12.1 Å². The third-order valence-electron chi connectivity index (χ3n) is 6.19. The lowest BCUT2D eigenvalue weighted by atomic mass is 9.86. The van der Waals surface area contributed by atoms with Crippen molar-refractivity contribution in [1.82, 2.24) is 14.6 Å². The lowest BCUT2D eigenvalue weighted by Gasteiger charge is -2.45. The molecule has 3 atom stereocenters. The average Bonchev–Trinajstić information content (AvgIpc) is 3.16. The molecule has 0 radical (unpaired) electrons. The molecule has 2 aliphatic rings. The Balaban J connectivity index is 1.77. The smallest absolute Gasteiger partial charge is 0.437 e. The number of aliphatic imine (C=N–C) groups is 1. The highest BCUT2D eigenvalue weighted by Gasteiger charge is 2.61. The molecule has 14 heteroatoms. The number of guanidine groups is 1. The highest BCUT2D eigenvalue weighted by molar-refractivity contribution is 7.90. The number of alkyl halides is 1. The number of rotatable bonds is 3. The molecule has 0 spiro atoms. The molecule has 1 aromatic heterocycles. The normalized spacial score (nSPS) is 25.4. The Hall–Kier alpha value is -3.68. The number of hydrogen-bond donors (Lipinski definition) is 2. The van der Waals surface area contributed by atoms with Crippen LogP contribution >= 0.6 is 0 Å². The van der Waals surface area contributed by atoms with Crippen molar-refractivity contribution < 1.29 is 35.9 Å². The fourth-order valence-corrected chi connectivity index (χ4v) is 6.52. The van der Waals surface area contributed by atoms with Gasteiger partial charge in [-0.25, -0.2) is 35.7 Å². The molecule has 0 bridgehead atoms. The van der Waals surface area contributed by atoms with Crippen molar-refractivity contribution in [3.8, 4) is 0 Å². The molecule has 10 nitrogen and oxygen atoms in total. The highest BCUT2D eigenvalue weighted by Crippen LogP contribution is 2.48. The van der Waals surface area contributed by atoms with Crippen molar-refractivity contribution in [1.29, 1.82) is 0 Å². The number of pyridine rings is 1. The molecule has 1 saturated carbocycles. The summed E-state index contributed by atoms with van der Waals surface area (Å²) in [5.74, 6) is -2.71. The van der Waals surface area contributed by atoms with Gasteiger partial charge in [0.1, 0.15) is 34.4 Å². The first-order chi connectivity index (χ1) is 17.6. The van der Waals surface area contributed by atoms with E-state index in [1.54, 1.807) is 20.8 Å². The molecule has 4 rings (SSSR count). The molecule has 1 aliphatic carbocycles. The summed E-state index contributed by atoms with van der Waals surface area (Å²) in [6.07, 6.45) is -2.76. The van der Waals surface area contributed by atoms with Crippen LogP contribution in [-0.4, -0.2) is 59.7 Å². The van der Waals surface area contributed by atoms with Gasteiger partial charge in [0.25, 0.3) is 5.91 Å². The molecule has 1 saturated heterocycles. The van der Waals surface area contributed by atoms with Gasteiger partial charge in [0.05, 0.1) is 11.7 Å². The van der Waals surface area contributed by atoms with Crippen LogP contribution in [0, 0.1) is 11.6 Å². The predicted octanol–water partition coefficient (Wildman–Crippen LogP) is 3.46. The van der Waals surface area contributed by atoms with Crippen LogP contribution in [-0.2, 0) is 20.3 Å². The van der Waals surface area contributed by atoms with E-state index in [-0.39, 0.29) is 16.9 Å². The quantitative estimate of drug-likeness (QED) is 0.595. The van der Waals surface area contributed by atoms with Crippen molar-refractivity contribution in [2.24, 2.45) is 4.99 Å². The minimum Gasteiger partial charge on any atom is -0.442 e. The molecule has 2 amide bonds. The first kappa shape index (κ1) is 27.4. The van der Waals surface area contributed by atoms with Crippen LogP contribution in [0.15, 0.2) is 41.5 Å². The van der Waals surface area contributed by atoms with Gasteiger partial charge >= 0.3 is 6.09 Å². The van der Waals surface area contributed by atoms with Crippen molar-refractivity contribution in [2.45, 2.75) is 56.2 Å². The van der Waals surface area contributed by atoms with Crippen LogP contribution in [0.5, 0.6) is 0 Å². The zero-order valence-electron chi connectivity index (χ0n) is 21.0. The number of ether oxygens (including phenoxy) is 1. The fraction of sp³-hybridized carbons (Fsp3) is 0.417. The average molecular weight is 554 g/mol. The SMILES string of the molecule is CN1/C(=N/C(=O)OC(C)(C)C)NC2(c3cc(NC(=O)c4ccc(F)cn4)ccc3F)CC(F)CC2S1(=O)=O. The molecule has 2 aromatic rings. The van der Waals surface area contributed by atoms with Gasteiger partial charge in [-0.3, -0.25) is 4.79 Å². The van der Waals surface area contributed by atoms with E-state index in [9.17, 15) is 26.8 Å². The highest BCUT2D eigenvalue weighted by atomic mass is 32.2. The van der Waals surface area contributed by atoms with E-state index >= 15 is 4.39 Å². The fourth-order valence-electron chi connectivity index (χ4n) is 4.57. The minimum absolute atomic E-state index is 0.0525. The summed E-state index contributed by atoms with van der Waals surface area (Å²) >= 11 is 0. The number of anilines is 1. The molecule has 1 aliphatic heterocycles. The second kappa shape index (κ2) is 9.57. The first-order valence-corrected chi connectivity index (χ1v) is 13.1. The van der Waals surface area contributed by atoms with E-state index in [1.807, 2.05) is 0 Å². The summed E-state index contributed by atoms with van der Waals surface area (Å²) in [4.78, 5) is 32.4. The topological polar surface area (TPSA) is 130 Å². The molecule has 2 N–H and O–H groups in total. The second-order valence-corrected chi connectivity index (χ2v) is 12.2. The Morgan fingerprint density at radius 2 is 1.95 bits per heavy atom. The number of carbonyl (C=O) groups excluding carboxylic acids is 2. The number of fused-ring (bicyclic) bond motifs is 1. The van der Waals surface area contributed by atoms with Gasteiger partial charge in [-0.2, -0.15) is 0 Å². The lowest BCUT2D eigenvalue weighted by molar-refractivity contribution is 0.0601. The Morgan fingerprint density at radius 3 is 2.58 bits per heavy atom.